The zero-order valence-corrected chi connectivity index (χ0v) is 15.0. The lowest BCUT2D eigenvalue weighted by molar-refractivity contribution is 0.195. The van der Waals surface area contributed by atoms with Crippen molar-refractivity contribution in [2.24, 2.45) is 0 Å². The van der Waals surface area contributed by atoms with Gasteiger partial charge in [-0.05, 0) is 29.8 Å². The molecule has 23 heavy (non-hydrogen) atoms. The normalized spacial score (nSPS) is 12.3. The van der Waals surface area contributed by atoms with Gasteiger partial charge in [-0.2, -0.15) is 0 Å². The number of thiophene rings is 1. The molecule has 2 aromatic heterocycles. The summed E-state index contributed by atoms with van der Waals surface area (Å²) in [5.41, 5.74) is 1.13. The minimum Gasteiger partial charge on any atom is -0.386 e. The third-order valence-electron chi connectivity index (χ3n) is 3.10. The van der Waals surface area contributed by atoms with Crippen molar-refractivity contribution in [2.45, 2.75) is 12.5 Å². The molecule has 0 saturated heterocycles. The second kappa shape index (κ2) is 7.59. The molecule has 120 valence electrons. The highest BCUT2D eigenvalue weighted by Gasteiger charge is 2.12. The van der Waals surface area contributed by atoms with Crippen molar-refractivity contribution < 1.29 is 5.11 Å². The predicted octanol–water partition coefficient (Wildman–Crippen LogP) is 4.64. The molecule has 0 aliphatic rings. The molecule has 1 aromatic carbocycles. The van der Waals surface area contributed by atoms with Crippen LogP contribution in [0.5, 0.6) is 0 Å². The lowest BCUT2D eigenvalue weighted by Crippen LogP contribution is -2.10. The van der Waals surface area contributed by atoms with E-state index in [4.69, 9.17) is 23.2 Å². The van der Waals surface area contributed by atoms with Crippen molar-refractivity contribution in [3.8, 4) is 0 Å². The Morgan fingerprint density at radius 2 is 1.83 bits per heavy atom. The summed E-state index contributed by atoms with van der Waals surface area (Å²) < 4.78 is 0.667. The first-order valence-electron chi connectivity index (χ1n) is 6.84. The fourth-order valence-electron chi connectivity index (χ4n) is 1.97. The van der Waals surface area contributed by atoms with Gasteiger partial charge in [-0.25, -0.2) is 0 Å². The smallest absolute Gasteiger partial charge is 0.205 e. The number of nitrogens with zero attached hydrogens (tertiary/aromatic N) is 2. The molecule has 0 aliphatic carbocycles. The van der Waals surface area contributed by atoms with Gasteiger partial charge in [-0.3, -0.25) is 0 Å². The molecule has 1 unspecified atom stereocenters. The molecule has 2 N–H and O–H groups in total. The Hall–Kier alpha value is -1.18. The van der Waals surface area contributed by atoms with Crippen molar-refractivity contribution in [2.75, 3.05) is 11.9 Å². The maximum atomic E-state index is 10.1. The van der Waals surface area contributed by atoms with Crippen molar-refractivity contribution in [1.82, 2.24) is 10.2 Å². The minimum atomic E-state index is -0.615. The van der Waals surface area contributed by atoms with Crippen LogP contribution in [0.4, 0.5) is 5.13 Å². The number of benzene rings is 1. The second-order valence-corrected chi connectivity index (χ2v) is 8.09. The highest BCUT2D eigenvalue weighted by atomic mass is 35.5. The van der Waals surface area contributed by atoms with Gasteiger partial charge in [0.25, 0.3) is 0 Å². The lowest BCUT2D eigenvalue weighted by Gasteiger charge is -2.08. The van der Waals surface area contributed by atoms with Gasteiger partial charge in [-0.15, -0.1) is 21.5 Å². The van der Waals surface area contributed by atoms with Crippen LogP contribution in [0.25, 0.3) is 0 Å². The number of nitrogens with one attached hydrogen (secondary N) is 1. The van der Waals surface area contributed by atoms with E-state index in [2.05, 4.69) is 15.5 Å². The predicted molar refractivity (Wildman–Crippen MR) is 96.9 cm³/mol. The summed E-state index contributed by atoms with van der Waals surface area (Å²) in [5, 5.41) is 23.8. The molecule has 4 nitrogen and oxygen atoms in total. The molecule has 0 aliphatic heterocycles. The second-order valence-electron chi connectivity index (χ2n) is 4.84. The van der Waals surface area contributed by atoms with Crippen LogP contribution in [0.15, 0.2) is 36.4 Å². The van der Waals surface area contributed by atoms with Crippen LogP contribution in [0.3, 0.4) is 0 Å². The number of aromatic nitrogens is 2. The largest absolute Gasteiger partial charge is 0.386 e. The van der Waals surface area contributed by atoms with Crippen LogP contribution in [0.2, 0.25) is 9.36 Å². The van der Waals surface area contributed by atoms with Gasteiger partial charge in [0.15, 0.2) is 0 Å². The first-order chi connectivity index (χ1) is 11.1. The quantitative estimate of drug-likeness (QED) is 0.648. The van der Waals surface area contributed by atoms with E-state index in [-0.39, 0.29) is 0 Å². The summed E-state index contributed by atoms with van der Waals surface area (Å²) in [6, 6.07) is 11.3. The van der Waals surface area contributed by atoms with Crippen LogP contribution in [0, 0.1) is 0 Å². The van der Waals surface area contributed by atoms with Crippen LogP contribution >= 0.6 is 45.9 Å². The van der Waals surface area contributed by atoms with Gasteiger partial charge in [0.05, 0.1) is 4.34 Å². The van der Waals surface area contributed by atoms with Gasteiger partial charge in [0.2, 0.25) is 5.13 Å². The van der Waals surface area contributed by atoms with Crippen molar-refractivity contribution >= 4 is 51.0 Å². The first-order valence-corrected chi connectivity index (χ1v) is 9.23. The standard InChI is InChI=1S/C15H13Cl2N3OS2/c16-10-3-1-9(2-4-10)7-14-19-20-15(23-14)18-8-11(21)12-5-6-13(17)22-12/h1-6,11,21H,7-8H2,(H,18,20). The Kier molecular flexibility index (Phi) is 5.50. The monoisotopic (exact) mass is 385 g/mol. The van der Waals surface area contributed by atoms with E-state index in [0.29, 0.717) is 22.4 Å². The highest BCUT2D eigenvalue weighted by molar-refractivity contribution is 7.16. The Morgan fingerprint density at radius 3 is 2.52 bits per heavy atom. The molecule has 0 bridgehead atoms. The van der Waals surface area contributed by atoms with E-state index in [0.717, 1.165) is 20.5 Å². The summed E-state index contributed by atoms with van der Waals surface area (Å²) in [6.45, 7) is 0.367. The minimum absolute atomic E-state index is 0.367. The average molecular weight is 386 g/mol. The molecule has 3 aromatic rings. The van der Waals surface area contributed by atoms with Gasteiger partial charge < -0.3 is 10.4 Å². The molecule has 8 heteroatoms. The molecule has 0 radical (unpaired) electrons. The van der Waals surface area contributed by atoms with Gasteiger partial charge in [0, 0.05) is 22.9 Å². The maximum absolute atomic E-state index is 10.1. The van der Waals surface area contributed by atoms with E-state index >= 15 is 0 Å². The highest BCUT2D eigenvalue weighted by Crippen LogP contribution is 2.27. The zero-order valence-electron chi connectivity index (χ0n) is 11.9. The third-order valence-corrected chi connectivity index (χ3v) is 5.57. The number of halogens is 2. The fraction of sp³-hybridized carbons (Fsp3) is 0.200. The Labute approximate surface area is 151 Å². The summed E-state index contributed by atoms with van der Waals surface area (Å²) in [7, 11) is 0. The average Bonchev–Trinajstić information content (AvgIpc) is 3.16. The topological polar surface area (TPSA) is 58.0 Å². The molecule has 0 fully saturated rings. The van der Waals surface area contributed by atoms with E-state index in [1.807, 2.05) is 30.3 Å². The van der Waals surface area contributed by atoms with Crippen LogP contribution < -0.4 is 5.32 Å². The van der Waals surface area contributed by atoms with Gasteiger partial charge in [-0.1, -0.05) is 46.7 Å². The van der Waals surface area contributed by atoms with Gasteiger partial charge in [0.1, 0.15) is 11.1 Å². The summed E-state index contributed by atoms with van der Waals surface area (Å²) in [4.78, 5) is 0.827. The van der Waals surface area contributed by atoms with E-state index < -0.39 is 6.10 Å². The molecule has 0 saturated carbocycles. The molecule has 1 atom stereocenters. The van der Waals surface area contributed by atoms with Crippen LogP contribution in [0.1, 0.15) is 21.6 Å². The van der Waals surface area contributed by atoms with E-state index in [1.165, 1.54) is 22.7 Å². The van der Waals surface area contributed by atoms with Crippen LogP contribution in [-0.2, 0) is 6.42 Å². The van der Waals surface area contributed by atoms with Crippen LogP contribution in [-0.4, -0.2) is 21.8 Å². The lowest BCUT2D eigenvalue weighted by atomic mass is 10.2. The number of rotatable bonds is 6. The van der Waals surface area contributed by atoms with Gasteiger partial charge >= 0.3 is 0 Å². The van der Waals surface area contributed by atoms with Crippen molar-refractivity contribution in [3.05, 3.63) is 61.2 Å². The van der Waals surface area contributed by atoms with E-state index in [1.54, 1.807) is 6.07 Å². The Morgan fingerprint density at radius 1 is 1.04 bits per heavy atom. The molecule has 2 heterocycles. The number of hydrogen-bond donors (Lipinski definition) is 2. The zero-order chi connectivity index (χ0) is 16.2. The fourth-order valence-corrected chi connectivity index (χ4v) is 3.92. The first kappa shape index (κ1) is 16.7. The number of anilines is 1. The molecular formula is C15H13Cl2N3OS2. The van der Waals surface area contributed by atoms with Crippen molar-refractivity contribution in [1.29, 1.82) is 0 Å². The summed E-state index contributed by atoms with van der Waals surface area (Å²) >= 11 is 14.6. The summed E-state index contributed by atoms with van der Waals surface area (Å²) in [6.07, 6.45) is 0.0932. The Balaban J connectivity index is 1.55. The van der Waals surface area contributed by atoms with E-state index in [9.17, 15) is 5.11 Å². The third kappa shape index (κ3) is 4.65. The number of aliphatic hydroxyl groups is 1. The number of aliphatic hydroxyl groups excluding tert-OH is 1. The maximum Gasteiger partial charge on any atom is 0.205 e. The molecule has 3 rings (SSSR count). The molecule has 0 spiro atoms. The van der Waals surface area contributed by atoms with Crippen molar-refractivity contribution in [3.63, 3.8) is 0 Å². The SMILES string of the molecule is OC(CNc1nnc(Cc2ccc(Cl)cc2)s1)c1ccc(Cl)s1. The summed E-state index contributed by atoms with van der Waals surface area (Å²) in [5.74, 6) is 0. The Bertz CT molecular complexity index is 773. The molecule has 0 amide bonds. The number of hydrogen-bond acceptors (Lipinski definition) is 6. The molecular weight excluding hydrogens is 373 g/mol.